The van der Waals surface area contributed by atoms with Crippen molar-refractivity contribution in [1.29, 1.82) is 0 Å². The van der Waals surface area contributed by atoms with Crippen LogP contribution >= 0.6 is 0 Å². The molecule has 0 spiro atoms. The van der Waals surface area contributed by atoms with E-state index in [1.54, 1.807) is 0 Å². The molecular formula is C14H27NaO7S. The fourth-order valence-corrected chi connectivity index (χ4v) is 3.45. The van der Waals surface area contributed by atoms with E-state index < -0.39 is 33.2 Å². The number of carbonyl (C=O) groups is 2. The van der Waals surface area contributed by atoms with Gasteiger partial charge in [0, 0.05) is 0 Å². The summed E-state index contributed by atoms with van der Waals surface area (Å²) >= 11 is 0. The quantitative estimate of drug-likeness (QED) is 0.355. The van der Waals surface area contributed by atoms with E-state index in [-0.39, 0.29) is 36.0 Å². The summed E-state index contributed by atoms with van der Waals surface area (Å²) in [6.45, 7) is 4.05. The van der Waals surface area contributed by atoms with Crippen molar-refractivity contribution in [2.75, 3.05) is 14.2 Å². The normalized spacial score (nSPS) is 13.8. The van der Waals surface area contributed by atoms with E-state index in [0.717, 1.165) is 27.1 Å². The van der Waals surface area contributed by atoms with Crippen LogP contribution in [0.4, 0.5) is 0 Å². The Bertz CT molecular complexity index is 474. The molecule has 0 aliphatic rings. The van der Waals surface area contributed by atoms with Gasteiger partial charge in [-0.1, -0.05) is 39.5 Å². The Kier molecular flexibility index (Phi) is 12.5. The van der Waals surface area contributed by atoms with Gasteiger partial charge in [-0.05, 0) is 12.3 Å². The van der Waals surface area contributed by atoms with Crippen LogP contribution in [0.3, 0.4) is 0 Å². The van der Waals surface area contributed by atoms with E-state index in [2.05, 4.69) is 9.47 Å². The van der Waals surface area contributed by atoms with Gasteiger partial charge in [0.05, 0.1) is 20.6 Å². The average Bonchev–Trinajstić information content (AvgIpc) is 2.48. The van der Waals surface area contributed by atoms with E-state index >= 15 is 0 Å². The van der Waals surface area contributed by atoms with E-state index in [1.807, 2.05) is 13.8 Å². The predicted octanol–water partition coefficient (Wildman–Crippen LogP) is 1.31. The molecule has 0 rings (SSSR count). The number of esters is 2. The monoisotopic (exact) mass is 362 g/mol. The second-order valence-corrected chi connectivity index (χ2v) is 7.02. The topological polar surface area (TPSA) is 107 Å². The standard InChI is InChI=1S/C14H26O7S.Na.H/c1-5-11(6-2)8-7-9-14(13(16)21-4,22(17,18)19)10-12(15)20-3;;/h11H,5-10H2,1-4H3,(H,17,18,19);;. The third-order valence-electron chi connectivity index (χ3n) is 4.06. The van der Waals surface area contributed by atoms with Crippen LogP contribution in [0.2, 0.25) is 0 Å². The van der Waals surface area contributed by atoms with Crippen LogP contribution in [0.1, 0.15) is 52.4 Å². The molecule has 1 atom stereocenters. The molecule has 132 valence electrons. The number of methoxy groups -OCH3 is 2. The zero-order valence-corrected chi connectivity index (χ0v) is 14.4. The van der Waals surface area contributed by atoms with Crippen molar-refractivity contribution in [3.63, 3.8) is 0 Å². The molecule has 0 radical (unpaired) electrons. The van der Waals surface area contributed by atoms with Gasteiger partial charge in [-0.3, -0.25) is 14.1 Å². The Morgan fingerprint density at radius 3 is 2.00 bits per heavy atom. The summed E-state index contributed by atoms with van der Waals surface area (Å²) < 4.78 is 39.7. The van der Waals surface area contributed by atoms with Crippen molar-refractivity contribution in [2.45, 2.75) is 57.1 Å². The van der Waals surface area contributed by atoms with Crippen LogP contribution in [-0.2, 0) is 29.2 Å². The number of rotatable bonds is 10. The molecule has 0 fully saturated rings. The van der Waals surface area contributed by atoms with Gasteiger partial charge in [0.1, 0.15) is 0 Å². The fourth-order valence-electron chi connectivity index (χ4n) is 2.45. The maximum absolute atomic E-state index is 12.0. The molecular weight excluding hydrogens is 335 g/mol. The molecule has 23 heavy (non-hydrogen) atoms. The van der Waals surface area contributed by atoms with Crippen molar-refractivity contribution >= 4 is 51.6 Å². The minimum absolute atomic E-state index is 0. The molecule has 0 aliphatic carbocycles. The Hall–Kier alpha value is -0.150. The van der Waals surface area contributed by atoms with Crippen LogP contribution in [0.15, 0.2) is 0 Å². The van der Waals surface area contributed by atoms with Crippen LogP contribution in [0.5, 0.6) is 0 Å². The molecule has 7 nitrogen and oxygen atoms in total. The second kappa shape index (κ2) is 11.4. The first kappa shape index (κ1) is 25.1. The molecule has 0 bridgehead atoms. The predicted molar refractivity (Wildman–Crippen MR) is 88.0 cm³/mol. The van der Waals surface area contributed by atoms with Gasteiger partial charge in [0.15, 0.2) is 0 Å². The summed E-state index contributed by atoms with van der Waals surface area (Å²) in [5.74, 6) is -1.65. The van der Waals surface area contributed by atoms with Crippen molar-refractivity contribution in [2.24, 2.45) is 5.92 Å². The first-order valence-electron chi connectivity index (χ1n) is 7.30. The van der Waals surface area contributed by atoms with Crippen molar-refractivity contribution < 1.29 is 32.0 Å². The van der Waals surface area contributed by atoms with Gasteiger partial charge in [0.2, 0.25) is 4.75 Å². The van der Waals surface area contributed by atoms with E-state index in [9.17, 15) is 22.6 Å². The van der Waals surface area contributed by atoms with Gasteiger partial charge >= 0.3 is 41.5 Å². The van der Waals surface area contributed by atoms with E-state index in [0.29, 0.717) is 18.8 Å². The Morgan fingerprint density at radius 1 is 1.13 bits per heavy atom. The SMILES string of the molecule is CCC(CC)CCCC(CC(=O)OC)(C(=O)OC)S(=O)(=O)O.[NaH]. The van der Waals surface area contributed by atoms with E-state index in [4.69, 9.17) is 0 Å². The summed E-state index contributed by atoms with van der Waals surface area (Å²) in [7, 11) is -2.73. The molecule has 0 heterocycles. The molecule has 0 saturated carbocycles. The summed E-state index contributed by atoms with van der Waals surface area (Å²) in [6.07, 6.45) is 1.98. The molecule has 9 heteroatoms. The average molecular weight is 362 g/mol. The van der Waals surface area contributed by atoms with Crippen molar-refractivity contribution in [3.05, 3.63) is 0 Å². The molecule has 0 amide bonds. The number of ether oxygens (including phenoxy) is 2. The van der Waals surface area contributed by atoms with Crippen LogP contribution in [0, 0.1) is 5.92 Å². The summed E-state index contributed by atoms with van der Waals surface area (Å²) in [5.41, 5.74) is 0. The van der Waals surface area contributed by atoms with Crippen LogP contribution < -0.4 is 0 Å². The van der Waals surface area contributed by atoms with E-state index in [1.165, 1.54) is 0 Å². The van der Waals surface area contributed by atoms with Crippen molar-refractivity contribution in [1.82, 2.24) is 0 Å². The van der Waals surface area contributed by atoms with Gasteiger partial charge in [-0.2, -0.15) is 8.42 Å². The molecule has 0 aromatic rings. The first-order chi connectivity index (χ1) is 10.2. The first-order valence-corrected chi connectivity index (χ1v) is 8.74. The molecule has 0 saturated heterocycles. The van der Waals surface area contributed by atoms with Crippen LogP contribution in [0.25, 0.3) is 0 Å². The molecule has 0 aliphatic heterocycles. The van der Waals surface area contributed by atoms with Gasteiger partial charge in [-0.15, -0.1) is 0 Å². The fraction of sp³-hybridized carbons (Fsp3) is 0.857. The molecule has 0 aromatic carbocycles. The zero-order chi connectivity index (χ0) is 17.4. The Balaban J connectivity index is 0. The van der Waals surface area contributed by atoms with Gasteiger partial charge in [-0.25, -0.2) is 0 Å². The minimum atomic E-state index is -4.83. The van der Waals surface area contributed by atoms with Crippen LogP contribution in [-0.4, -0.2) is 73.4 Å². The third-order valence-corrected chi connectivity index (χ3v) is 5.56. The van der Waals surface area contributed by atoms with Crippen molar-refractivity contribution in [3.8, 4) is 0 Å². The number of carbonyl (C=O) groups excluding carboxylic acids is 2. The summed E-state index contributed by atoms with van der Waals surface area (Å²) in [5, 5.41) is 0. The Morgan fingerprint density at radius 2 is 1.65 bits per heavy atom. The molecule has 1 unspecified atom stereocenters. The third kappa shape index (κ3) is 7.09. The Labute approximate surface area is 160 Å². The maximum atomic E-state index is 12.0. The number of hydrogen-bond donors (Lipinski definition) is 1. The zero-order valence-electron chi connectivity index (χ0n) is 13.6. The number of hydrogen-bond acceptors (Lipinski definition) is 6. The summed E-state index contributed by atoms with van der Waals surface area (Å²) in [4.78, 5) is 23.5. The summed E-state index contributed by atoms with van der Waals surface area (Å²) in [6, 6.07) is 0. The second-order valence-electron chi connectivity index (χ2n) is 5.29. The molecule has 0 aromatic heterocycles. The van der Waals surface area contributed by atoms with Gasteiger partial charge in [0.25, 0.3) is 10.1 Å². The van der Waals surface area contributed by atoms with Gasteiger partial charge < -0.3 is 9.47 Å². The molecule has 1 N–H and O–H groups in total.